The number of nitrogens with zero attached hydrogens (tertiary/aromatic N) is 3. The standard InChI is InChI=1S/C21H19ClN4O2/c1-13-10-19(24-26(13)15-7-5-6-14(22)11-15)23-20(27)18-12-25(2)21(28)17-9-4-3-8-16(17)18/h3-11,18H,12H2,1-2H3,(H,23,24,27). The Morgan fingerprint density at radius 1 is 1.18 bits per heavy atom. The van der Waals surface area contributed by atoms with Gasteiger partial charge < -0.3 is 10.2 Å². The summed E-state index contributed by atoms with van der Waals surface area (Å²) < 4.78 is 1.73. The first-order chi connectivity index (χ1) is 13.4. The van der Waals surface area contributed by atoms with Gasteiger partial charge in [0.1, 0.15) is 0 Å². The SMILES string of the molecule is Cc1cc(NC(=O)C2CN(C)C(=O)c3ccccc32)nn1-c1cccc(Cl)c1. The number of carbonyl (C=O) groups excluding carboxylic acids is 2. The molecule has 7 heteroatoms. The highest BCUT2D eigenvalue weighted by atomic mass is 35.5. The summed E-state index contributed by atoms with van der Waals surface area (Å²) >= 11 is 6.07. The lowest BCUT2D eigenvalue weighted by Crippen LogP contribution is -2.41. The Morgan fingerprint density at radius 3 is 2.75 bits per heavy atom. The van der Waals surface area contributed by atoms with Gasteiger partial charge in [-0.05, 0) is 36.8 Å². The van der Waals surface area contributed by atoms with E-state index in [2.05, 4.69) is 10.4 Å². The summed E-state index contributed by atoms with van der Waals surface area (Å²) in [5, 5.41) is 8.00. The summed E-state index contributed by atoms with van der Waals surface area (Å²) in [4.78, 5) is 26.9. The Labute approximate surface area is 167 Å². The molecular weight excluding hydrogens is 376 g/mol. The van der Waals surface area contributed by atoms with E-state index in [1.54, 1.807) is 34.8 Å². The number of halogens is 1. The second-order valence-electron chi connectivity index (χ2n) is 6.88. The molecular formula is C21H19ClN4O2. The van der Waals surface area contributed by atoms with E-state index in [9.17, 15) is 9.59 Å². The van der Waals surface area contributed by atoms with Crippen LogP contribution in [0.1, 0.15) is 27.5 Å². The van der Waals surface area contributed by atoms with Gasteiger partial charge in [-0.1, -0.05) is 35.9 Å². The van der Waals surface area contributed by atoms with E-state index in [1.165, 1.54) is 0 Å². The number of rotatable bonds is 3. The van der Waals surface area contributed by atoms with Crippen molar-refractivity contribution in [3.63, 3.8) is 0 Å². The van der Waals surface area contributed by atoms with Gasteiger partial charge in [-0.15, -0.1) is 5.10 Å². The molecule has 1 aliphatic rings. The largest absolute Gasteiger partial charge is 0.341 e. The van der Waals surface area contributed by atoms with Crippen LogP contribution < -0.4 is 5.32 Å². The number of benzene rings is 2. The minimum Gasteiger partial charge on any atom is -0.341 e. The normalized spacial score (nSPS) is 16.0. The van der Waals surface area contributed by atoms with Crippen molar-refractivity contribution in [2.75, 3.05) is 18.9 Å². The molecule has 6 nitrogen and oxygen atoms in total. The van der Waals surface area contributed by atoms with Crippen molar-refractivity contribution in [1.82, 2.24) is 14.7 Å². The van der Waals surface area contributed by atoms with Crippen LogP contribution >= 0.6 is 11.6 Å². The third-order valence-corrected chi connectivity index (χ3v) is 5.11. The Balaban J connectivity index is 1.60. The number of aryl methyl sites for hydroxylation is 1. The number of hydrogen-bond acceptors (Lipinski definition) is 3. The molecule has 4 rings (SSSR count). The number of amides is 2. The molecule has 3 aromatic rings. The third-order valence-electron chi connectivity index (χ3n) is 4.88. The van der Waals surface area contributed by atoms with Gasteiger partial charge in [-0.2, -0.15) is 0 Å². The molecule has 1 aliphatic heterocycles. The lowest BCUT2D eigenvalue weighted by atomic mass is 9.89. The van der Waals surface area contributed by atoms with Gasteiger partial charge in [0.2, 0.25) is 5.91 Å². The zero-order chi connectivity index (χ0) is 19.8. The molecule has 0 spiro atoms. The Bertz CT molecular complexity index is 1080. The van der Waals surface area contributed by atoms with Crippen molar-refractivity contribution in [3.05, 3.63) is 76.4 Å². The predicted octanol–water partition coefficient (Wildman–Crippen LogP) is 3.64. The molecule has 2 heterocycles. The van der Waals surface area contributed by atoms with Crippen LogP contribution in [0.5, 0.6) is 0 Å². The Morgan fingerprint density at radius 2 is 1.96 bits per heavy atom. The number of carbonyl (C=O) groups is 2. The highest BCUT2D eigenvalue weighted by Gasteiger charge is 2.33. The number of fused-ring (bicyclic) bond motifs is 1. The van der Waals surface area contributed by atoms with Crippen LogP contribution in [0.15, 0.2) is 54.6 Å². The first-order valence-electron chi connectivity index (χ1n) is 8.92. The summed E-state index contributed by atoms with van der Waals surface area (Å²) in [5.74, 6) is -0.252. The Kier molecular flexibility index (Phi) is 4.65. The highest BCUT2D eigenvalue weighted by Crippen LogP contribution is 2.29. The van der Waals surface area contributed by atoms with E-state index in [-0.39, 0.29) is 11.8 Å². The van der Waals surface area contributed by atoms with Crippen molar-refractivity contribution in [2.45, 2.75) is 12.8 Å². The third kappa shape index (κ3) is 3.27. The van der Waals surface area contributed by atoms with Crippen LogP contribution in [0.3, 0.4) is 0 Å². The maximum atomic E-state index is 13.0. The fourth-order valence-electron chi connectivity index (χ4n) is 3.50. The van der Waals surface area contributed by atoms with Crippen molar-refractivity contribution >= 4 is 29.2 Å². The lowest BCUT2D eigenvalue weighted by molar-refractivity contribution is -0.118. The zero-order valence-corrected chi connectivity index (χ0v) is 16.3. The molecule has 1 N–H and O–H groups in total. The summed E-state index contributed by atoms with van der Waals surface area (Å²) in [7, 11) is 1.70. The molecule has 2 amide bonds. The van der Waals surface area contributed by atoms with Gasteiger partial charge in [0, 0.05) is 35.9 Å². The molecule has 0 saturated carbocycles. The fraction of sp³-hybridized carbons (Fsp3) is 0.190. The van der Waals surface area contributed by atoms with E-state index < -0.39 is 5.92 Å². The van der Waals surface area contributed by atoms with Crippen LogP contribution in [0.4, 0.5) is 5.82 Å². The second-order valence-corrected chi connectivity index (χ2v) is 7.31. The maximum Gasteiger partial charge on any atom is 0.253 e. The number of hydrogen-bond donors (Lipinski definition) is 1. The van der Waals surface area contributed by atoms with Crippen molar-refractivity contribution in [3.8, 4) is 5.69 Å². The number of aromatic nitrogens is 2. The van der Waals surface area contributed by atoms with Crippen molar-refractivity contribution in [1.29, 1.82) is 0 Å². The first kappa shape index (κ1) is 18.3. The van der Waals surface area contributed by atoms with E-state index in [0.29, 0.717) is 22.9 Å². The van der Waals surface area contributed by atoms with E-state index in [1.807, 2.05) is 43.3 Å². The molecule has 1 unspecified atom stereocenters. The van der Waals surface area contributed by atoms with E-state index in [0.717, 1.165) is 16.9 Å². The number of nitrogens with one attached hydrogen (secondary N) is 1. The molecule has 0 radical (unpaired) electrons. The minimum atomic E-state index is -0.449. The average Bonchev–Trinajstić information content (AvgIpc) is 3.04. The van der Waals surface area contributed by atoms with E-state index >= 15 is 0 Å². The van der Waals surface area contributed by atoms with Gasteiger partial charge in [0.15, 0.2) is 5.82 Å². The van der Waals surface area contributed by atoms with Crippen LogP contribution in [-0.2, 0) is 4.79 Å². The number of anilines is 1. The van der Waals surface area contributed by atoms with Crippen LogP contribution in [-0.4, -0.2) is 40.1 Å². The van der Waals surface area contributed by atoms with Crippen LogP contribution in [0, 0.1) is 6.92 Å². The van der Waals surface area contributed by atoms with Crippen LogP contribution in [0.25, 0.3) is 5.69 Å². The van der Waals surface area contributed by atoms with Crippen molar-refractivity contribution < 1.29 is 9.59 Å². The Hall–Kier alpha value is -3.12. The molecule has 0 saturated heterocycles. The molecule has 1 atom stereocenters. The monoisotopic (exact) mass is 394 g/mol. The molecule has 2 aromatic carbocycles. The molecule has 0 fully saturated rings. The van der Waals surface area contributed by atoms with Gasteiger partial charge in [-0.3, -0.25) is 9.59 Å². The molecule has 0 aliphatic carbocycles. The summed E-state index contributed by atoms with van der Waals surface area (Å²) in [6, 6.07) is 16.4. The predicted molar refractivity (Wildman–Crippen MR) is 108 cm³/mol. The summed E-state index contributed by atoms with van der Waals surface area (Å²) in [6.45, 7) is 2.24. The van der Waals surface area contributed by atoms with Gasteiger partial charge in [0.25, 0.3) is 5.91 Å². The smallest absolute Gasteiger partial charge is 0.253 e. The summed E-state index contributed by atoms with van der Waals surface area (Å²) in [6.07, 6.45) is 0. The highest BCUT2D eigenvalue weighted by molar-refractivity contribution is 6.30. The topological polar surface area (TPSA) is 67.2 Å². The second kappa shape index (κ2) is 7.13. The summed E-state index contributed by atoms with van der Waals surface area (Å²) in [5.41, 5.74) is 3.00. The maximum absolute atomic E-state index is 13.0. The first-order valence-corrected chi connectivity index (χ1v) is 9.29. The molecule has 142 valence electrons. The van der Waals surface area contributed by atoms with Gasteiger partial charge in [0.05, 0.1) is 11.6 Å². The molecule has 1 aromatic heterocycles. The molecule has 28 heavy (non-hydrogen) atoms. The van der Waals surface area contributed by atoms with Crippen molar-refractivity contribution in [2.24, 2.45) is 0 Å². The fourth-order valence-corrected chi connectivity index (χ4v) is 3.68. The lowest BCUT2D eigenvalue weighted by Gasteiger charge is -2.30. The zero-order valence-electron chi connectivity index (χ0n) is 15.5. The minimum absolute atomic E-state index is 0.0688. The van der Waals surface area contributed by atoms with Crippen LogP contribution in [0.2, 0.25) is 5.02 Å². The average molecular weight is 395 g/mol. The quantitative estimate of drug-likeness (QED) is 0.737. The van der Waals surface area contributed by atoms with E-state index in [4.69, 9.17) is 11.6 Å². The molecule has 0 bridgehead atoms. The van der Waals surface area contributed by atoms with Gasteiger partial charge >= 0.3 is 0 Å². The number of likely N-dealkylation sites (N-methyl/N-ethyl adjacent to an activating group) is 1. The van der Waals surface area contributed by atoms with Gasteiger partial charge in [-0.25, -0.2) is 4.68 Å².